The molecule has 1 fully saturated rings. The summed E-state index contributed by atoms with van der Waals surface area (Å²) in [6, 6.07) is -0.0513. The minimum Gasteiger partial charge on any atom is -0.450 e. The minimum absolute atomic E-state index is 0.0286. The Labute approximate surface area is 179 Å². The number of halogens is 3. The molecule has 0 bridgehead atoms. The maximum atomic E-state index is 13.5. The van der Waals surface area contributed by atoms with Crippen LogP contribution in [0.15, 0.2) is 0 Å². The Morgan fingerprint density at radius 2 is 1.90 bits per heavy atom. The van der Waals surface area contributed by atoms with E-state index in [0.717, 1.165) is 25.7 Å². The summed E-state index contributed by atoms with van der Waals surface area (Å²) in [6.07, 6.45) is 0.171. The van der Waals surface area contributed by atoms with Crippen molar-refractivity contribution in [3.8, 4) is 0 Å². The van der Waals surface area contributed by atoms with Crippen molar-refractivity contribution in [2.75, 3.05) is 33.0 Å². The zero-order valence-corrected chi connectivity index (χ0v) is 19.4. The molecule has 10 heteroatoms. The van der Waals surface area contributed by atoms with E-state index in [-0.39, 0.29) is 22.5 Å². The predicted octanol–water partition coefficient (Wildman–Crippen LogP) is 4.51. The summed E-state index contributed by atoms with van der Waals surface area (Å²) in [6.45, 7) is 6.51. The normalized spacial score (nSPS) is 23.8. The van der Waals surface area contributed by atoms with Crippen molar-refractivity contribution in [1.29, 1.82) is 0 Å². The van der Waals surface area contributed by atoms with Gasteiger partial charge < -0.3 is 19.5 Å². The Bertz CT molecular complexity index is 566. The van der Waals surface area contributed by atoms with Gasteiger partial charge in [0.15, 0.2) is 0 Å². The summed E-state index contributed by atoms with van der Waals surface area (Å²) in [5, 5.41) is 5.93. The highest BCUT2D eigenvalue weighted by Crippen LogP contribution is 2.45. The van der Waals surface area contributed by atoms with Crippen LogP contribution in [0.2, 0.25) is 0 Å². The Kier molecular flexibility index (Phi) is 11.1. The zero-order chi connectivity index (χ0) is 22.8. The molecule has 6 nitrogen and oxygen atoms in total. The molecule has 0 aromatic heterocycles. The van der Waals surface area contributed by atoms with Gasteiger partial charge in [0, 0.05) is 12.6 Å². The largest absolute Gasteiger partial charge is 0.450 e. The molecule has 0 radical (unpaired) electrons. The smallest absolute Gasteiger partial charge is 0.407 e. The summed E-state index contributed by atoms with van der Waals surface area (Å²) in [5.41, 5.74) is -0.168. The maximum Gasteiger partial charge on any atom is 0.407 e. The molecule has 0 aliphatic heterocycles. The van der Waals surface area contributed by atoms with Gasteiger partial charge >= 0.3 is 12.2 Å². The number of unbranched alkanes of at least 4 members (excludes halogenated alkanes) is 1. The van der Waals surface area contributed by atoms with Gasteiger partial charge in [0.25, 0.3) is 0 Å². The molecule has 1 aliphatic carbocycles. The fourth-order valence-electron chi connectivity index (χ4n) is 4.13. The van der Waals surface area contributed by atoms with Crippen LogP contribution < -0.4 is 10.6 Å². The van der Waals surface area contributed by atoms with E-state index in [1.807, 2.05) is 6.92 Å². The van der Waals surface area contributed by atoms with E-state index in [9.17, 15) is 18.0 Å². The van der Waals surface area contributed by atoms with E-state index >= 15 is 0 Å². The Balaban J connectivity index is 2.56. The molecular formula is C20H36F3N2O4P. The maximum absolute atomic E-state index is 13.5. The van der Waals surface area contributed by atoms with Crippen LogP contribution in [0.1, 0.15) is 59.8 Å². The highest BCUT2D eigenvalue weighted by atomic mass is 31.0. The van der Waals surface area contributed by atoms with Gasteiger partial charge in [-0.25, -0.2) is 9.18 Å². The summed E-state index contributed by atoms with van der Waals surface area (Å²) in [4.78, 5) is 11.9. The molecule has 1 saturated carbocycles. The quantitative estimate of drug-likeness (QED) is 0.315. The van der Waals surface area contributed by atoms with Crippen molar-refractivity contribution < 1.29 is 32.2 Å². The SMILES string of the molecule is CCCCOC(=O)NCC1(C)CC(NC(=P)OCC(F)(F)OCCF)CC(C)(C)C1. The first-order valence-electron chi connectivity index (χ1n) is 10.4. The molecule has 1 aliphatic rings. The third kappa shape index (κ3) is 10.9. The molecule has 0 saturated heterocycles. The number of carbonyl (C=O) groups is 1. The van der Waals surface area contributed by atoms with E-state index in [4.69, 9.17) is 9.47 Å². The lowest BCUT2D eigenvalue weighted by Crippen LogP contribution is -2.50. The molecular weight excluding hydrogens is 420 g/mol. The molecule has 1 amide bonds. The van der Waals surface area contributed by atoms with E-state index in [2.05, 4.69) is 45.0 Å². The standard InChI is InChI=1S/C20H36F3N2O4P/c1-5-6-8-27-16(26)24-13-19(4)11-15(10-18(2,3)12-19)25-17(30)28-14-20(22,23)29-9-7-21/h15,25,30H,5-14H2,1-4H3,(H,24,26). The Hall–Kier alpha value is -0.890. The predicted molar refractivity (Wildman–Crippen MR) is 113 cm³/mol. The number of nitrogens with one attached hydrogen (secondary N) is 2. The number of ether oxygens (including phenoxy) is 3. The van der Waals surface area contributed by atoms with Crippen LogP contribution in [0.5, 0.6) is 0 Å². The number of carbonyl (C=O) groups excluding carboxylic acids is 1. The minimum atomic E-state index is -3.58. The van der Waals surface area contributed by atoms with Crippen LogP contribution >= 0.6 is 8.86 Å². The fraction of sp³-hybridized carbons (Fsp3) is 0.900. The van der Waals surface area contributed by atoms with Gasteiger partial charge in [0.2, 0.25) is 0 Å². The Morgan fingerprint density at radius 1 is 1.20 bits per heavy atom. The molecule has 0 spiro atoms. The van der Waals surface area contributed by atoms with Gasteiger partial charge in [-0.3, -0.25) is 5.32 Å². The lowest BCUT2D eigenvalue weighted by Gasteiger charge is -2.47. The van der Waals surface area contributed by atoms with Gasteiger partial charge in [-0.05, 0) is 36.5 Å². The summed E-state index contributed by atoms with van der Waals surface area (Å²) < 4.78 is 53.2. The average Bonchev–Trinajstić information content (AvgIpc) is 2.62. The molecule has 2 unspecified atom stereocenters. The van der Waals surface area contributed by atoms with E-state index < -0.39 is 32.1 Å². The van der Waals surface area contributed by atoms with Crippen LogP contribution in [-0.2, 0) is 14.2 Å². The number of alkyl halides is 3. The lowest BCUT2D eigenvalue weighted by molar-refractivity contribution is -0.255. The average molecular weight is 456 g/mol. The zero-order valence-electron chi connectivity index (χ0n) is 18.4. The second kappa shape index (κ2) is 12.2. The van der Waals surface area contributed by atoms with Crippen LogP contribution in [0, 0.1) is 10.8 Å². The van der Waals surface area contributed by atoms with Crippen molar-refractivity contribution in [3.05, 3.63) is 0 Å². The third-order valence-electron chi connectivity index (χ3n) is 4.94. The summed E-state index contributed by atoms with van der Waals surface area (Å²) in [7, 11) is 3.20. The Morgan fingerprint density at radius 3 is 2.53 bits per heavy atom. The van der Waals surface area contributed by atoms with E-state index in [0.29, 0.717) is 19.6 Å². The second-order valence-electron chi connectivity index (χ2n) is 9.04. The first kappa shape index (κ1) is 27.1. The number of rotatable bonds is 13. The van der Waals surface area contributed by atoms with Crippen molar-refractivity contribution >= 4 is 20.6 Å². The molecule has 2 N–H and O–H groups in total. The van der Waals surface area contributed by atoms with Gasteiger partial charge in [0.05, 0.1) is 13.2 Å². The summed E-state index contributed by atoms with van der Waals surface area (Å²) >= 11 is 0. The first-order chi connectivity index (χ1) is 13.9. The monoisotopic (exact) mass is 456 g/mol. The molecule has 1 rings (SSSR count). The summed E-state index contributed by atoms with van der Waals surface area (Å²) in [5.74, 6) is 0. The van der Waals surface area contributed by atoms with Gasteiger partial charge in [-0.1, -0.05) is 43.0 Å². The van der Waals surface area contributed by atoms with E-state index in [1.165, 1.54) is 0 Å². The lowest BCUT2D eigenvalue weighted by atomic mass is 9.62. The fourth-order valence-corrected chi connectivity index (χ4v) is 4.41. The highest BCUT2D eigenvalue weighted by molar-refractivity contribution is 7.20. The van der Waals surface area contributed by atoms with Crippen molar-refractivity contribution in [2.45, 2.75) is 71.9 Å². The molecule has 2 atom stereocenters. The molecule has 176 valence electrons. The highest BCUT2D eigenvalue weighted by Gasteiger charge is 2.42. The first-order valence-corrected chi connectivity index (χ1v) is 10.9. The molecule has 0 aromatic rings. The van der Waals surface area contributed by atoms with Gasteiger partial charge in [-0.15, -0.1) is 0 Å². The number of hydrogen-bond donors (Lipinski definition) is 2. The molecule has 0 heterocycles. The number of alkyl carbamates (subject to hydrolysis) is 1. The topological polar surface area (TPSA) is 68.8 Å². The van der Waals surface area contributed by atoms with Crippen LogP contribution in [0.25, 0.3) is 0 Å². The van der Waals surface area contributed by atoms with Gasteiger partial charge in [0.1, 0.15) is 18.9 Å². The van der Waals surface area contributed by atoms with Crippen molar-refractivity contribution in [2.24, 2.45) is 10.8 Å². The third-order valence-corrected chi connectivity index (χ3v) is 5.23. The van der Waals surface area contributed by atoms with Crippen molar-refractivity contribution in [1.82, 2.24) is 10.6 Å². The number of hydrogen-bond acceptors (Lipinski definition) is 4. The van der Waals surface area contributed by atoms with Crippen LogP contribution in [0.4, 0.5) is 18.0 Å². The second-order valence-corrected chi connectivity index (χ2v) is 9.49. The number of amides is 1. The van der Waals surface area contributed by atoms with Crippen molar-refractivity contribution in [3.63, 3.8) is 0 Å². The molecule has 0 aromatic carbocycles. The van der Waals surface area contributed by atoms with Gasteiger partial charge in [-0.2, -0.15) is 8.78 Å². The van der Waals surface area contributed by atoms with Crippen LogP contribution in [0.3, 0.4) is 0 Å². The van der Waals surface area contributed by atoms with E-state index in [1.54, 1.807) is 0 Å². The molecule has 30 heavy (non-hydrogen) atoms. The van der Waals surface area contributed by atoms with Crippen LogP contribution in [-0.4, -0.2) is 56.9 Å².